The van der Waals surface area contributed by atoms with E-state index in [0.717, 1.165) is 34.6 Å². The molecule has 4 aliphatic rings. The lowest BCUT2D eigenvalue weighted by Gasteiger charge is -2.32. The first kappa shape index (κ1) is 30.8. The van der Waals surface area contributed by atoms with Gasteiger partial charge in [0.05, 0.1) is 21.2 Å². The summed E-state index contributed by atoms with van der Waals surface area (Å²) >= 11 is 0. The van der Waals surface area contributed by atoms with Gasteiger partial charge < -0.3 is 21.3 Å². The number of carbonyl (C=O) groups is 2. The largest absolute Gasteiger partial charge is 0.471 e. The van der Waals surface area contributed by atoms with Crippen LogP contribution in [0.2, 0.25) is 0 Å². The number of nitrogen functional groups attached to an aromatic ring is 2. The van der Waals surface area contributed by atoms with Crippen LogP contribution in [-0.4, -0.2) is 70.0 Å². The SMILES string of the molecule is Nc1cc2c(cc1N)C1CC2CN(C(=O)C(F)(F)F)C1.O=C(N1CC2CC(C1)c1cc([N+](=O)[O-])c([N+](=O)[O-])cc12)C(F)(F)F. The maximum atomic E-state index is 12.6. The number of nitrogens with two attached hydrogens (primary N) is 2. The zero-order chi connectivity index (χ0) is 32.5. The maximum Gasteiger partial charge on any atom is 0.471 e. The van der Waals surface area contributed by atoms with Crippen molar-refractivity contribution < 1.29 is 45.8 Å². The van der Waals surface area contributed by atoms with Gasteiger partial charge in [-0.1, -0.05) is 0 Å². The third-order valence-corrected chi connectivity index (χ3v) is 8.58. The second kappa shape index (κ2) is 10.5. The fourth-order valence-electron chi connectivity index (χ4n) is 6.77. The van der Waals surface area contributed by atoms with E-state index in [4.69, 9.17) is 11.5 Å². The van der Waals surface area contributed by atoms with E-state index >= 15 is 0 Å². The number of anilines is 2. The van der Waals surface area contributed by atoms with Crippen LogP contribution < -0.4 is 11.5 Å². The monoisotopic (exact) mass is 630 g/mol. The van der Waals surface area contributed by atoms with Gasteiger partial charge in [0.2, 0.25) is 0 Å². The number of amides is 2. The van der Waals surface area contributed by atoms with Gasteiger partial charge >= 0.3 is 35.5 Å². The Bertz CT molecular complexity index is 1490. The van der Waals surface area contributed by atoms with Gasteiger partial charge in [-0.15, -0.1) is 0 Å². The summed E-state index contributed by atoms with van der Waals surface area (Å²) in [6.07, 6.45) is -8.66. The number of alkyl halides is 6. The number of rotatable bonds is 2. The lowest BCUT2D eigenvalue weighted by atomic mass is 9.95. The van der Waals surface area contributed by atoms with E-state index in [1.807, 2.05) is 0 Å². The summed E-state index contributed by atoms with van der Waals surface area (Å²) in [4.78, 5) is 44.6. The van der Waals surface area contributed by atoms with Gasteiger partial charge in [0.25, 0.3) is 0 Å². The Labute approximate surface area is 243 Å². The standard InChI is InChI=1S/C13H10F3N3O5.C13H14F3N3O/c14-13(15,16)12(20)17-4-6-1-7(5-17)9-3-11(19(23)24)10(18(21)22)2-8(6)9;14-13(15,16)12(20)19-4-6-1-7(5-19)9-3-11(18)10(17)2-8(6)9/h2-3,6-7H,1,4-5H2;2-3,6-7H,1,4-5,17-18H2. The van der Waals surface area contributed by atoms with Crippen LogP contribution in [0.3, 0.4) is 0 Å². The number of hydrogen-bond donors (Lipinski definition) is 2. The summed E-state index contributed by atoms with van der Waals surface area (Å²) in [5.74, 6) is -4.89. The topological polar surface area (TPSA) is 179 Å². The Balaban J connectivity index is 0.000000177. The van der Waals surface area contributed by atoms with Crippen LogP contribution in [0.25, 0.3) is 0 Å². The van der Waals surface area contributed by atoms with Crippen molar-refractivity contribution in [2.24, 2.45) is 0 Å². The van der Waals surface area contributed by atoms with E-state index in [-0.39, 0.29) is 38.0 Å². The molecule has 2 amide bonds. The number of halogens is 6. The quantitative estimate of drug-likeness (QED) is 0.213. The lowest BCUT2D eigenvalue weighted by Crippen LogP contribution is -2.46. The Kier molecular flexibility index (Phi) is 7.36. The summed E-state index contributed by atoms with van der Waals surface area (Å²) in [5.41, 5.74) is 13.7. The van der Waals surface area contributed by atoms with Crippen molar-refractivity contribution in [3.05, 3.63) is 66.7 Å². The number of nitro benzene ring substituents is 2. The number of likely N-dealkylation sites (tertiary alicyclic amines) is 2. The fourth-order valence-corrected chi connectivity index (χ4v) is 6.77. The van der Waals surface area contributed by atoms with Gasteiger partial charge in [0, 0.05) is 62.0 Å². The number of nitrogens with zero attached hydrogens (tertiary/aromatic N) is 4. The predicted octanol–water partition coefficient (Wildman–Crippen LogP) is 4.30. The molecule has 6 rings (SSSR count). The van der Waals surface area contributed by atoms with E-state index in [2.05, 4.69) is 0 Å². The summed E-state index contributed by atoms with van der Waals surface area (Å²) in [5, 5.41) is 22.0. The Hall–Kier alpha value is -4.64. The molecule has 236 valence electrons. The molecular weight excluding hydrogens is 606 g/mol. The molecule has 2 aliphatic heterocycles. The molecule has 4 bridgehead atoms. The molecule has 12 nitrogen and oxygen atoms in total. The average Bonchev–Trinajstić information content (AvgIpc) is 3.33. The zero-order valence-electron chi connectivity index (χ0n) is 22.5. The molecular formula is C26H24F6N6O6. The van der Waals surface area contributed by atoms with Gasteiger partial charge in [-0.05, 0) is 47.2 Å². The molecule has 2 fully saturated rings. The molecule has 2 aromatic carbocycles. The van der Waals surface area contributed by atoms with Crippen molar-refractivity contribution in [1.29, 1.82) is 0 Å². The fraction of sp³-hybridized carbons (Fsp3) is 0.462. The van der Waals surface area contributed by atoms with Crippen LogP contribution >= 0.6 is 0 Å². The van der Waals surface area contributed by atoms with Crippen LogP contribution in [-0.2, 0) is 9.59 Å². The maximum absolute atomic E-state index is 12.6. The van der Waals surface area contributed by atoms with Crippen LogP contribution in [0.15, 0.2) is 24.3 Å². The molecule has 2 aliphatic carbocycles. The minimum absolute atomic E-state index is 0.0852. The van der Waals surface area contributed by atoms with E-state index < -0.39 is 57.2 Å². The number of fused-ring (bicyclic) bond motifs is 10. The van der Waals surface area contributed by atoms with Crippen molar-refractivity contribution in [1.82, 2.24) is 9.80 Å². The minimum atomic E-state index is -5.00. The molecule has 44 heavy (non-hydrogen) atoms. The number of hydrogen-bond acceptors (Lipinski definition) is 8. The van der Waals surface area contributed by atoms with Gasteiger partial charge in [0.15, 0.2) is 0 Å². The molecule has 0 saturated carbocycles. The highest BCUT2D eigenvalue weighted by Crippen LogP contribution is 2.50. The van der Waals surface area contributed by atoms with Crippen molar-refractivity contribution in [3.63, 3.8) is 0 Å². The van der Waals surface area contributed by atoms with E-state index in [0.29, 0.717) is 33.8 Å². The average molecular weight is 631 g/mol. The third-order valence-electron chi connectivity index (χ3n) is 8.58. The van der Waals surface area contributed by atoms with Crippen LogP contribution in [0.4, 0.5) is 49.1 Å². The molecule has 4 atom stereocenters. The highest BCUT2D eigenvalue weighted by Gasteiger charge is 2.49. The van der Waals surface area contributed by atoms with Gasteiger partial charge in [-0.3, -0.25) is 29.8 Å². The summed E-state index contributed by atoms with van der Waals surface area (Å²) in [6.45, 7) is -0.246. The highest BCUT2D eigenvalue weighted by atomic mass is 19.4. The van der Waals surface area contributed by atoms with Crippen LogP contribution in [0, 0.1) is 20.2 Å². The summed E-state index contributed by atoms with van der Waals surface area (Å²) in [7, 11) is 0. The zero-order valence-corrected chi connectivity index (χ0v) is 22.5. The van der Waals surface area contributed by atoms with E-state index in [1.165, 1.54) is 0 Å². The number of benzene rings is 2. The molecule has 2 heterocycles. The first-order valence-electron chi connectivity index (χ1n) is 13.2. The lowest BCUT2D eigenvalue weighted by molar-refractivity contribution is -0.422. The van der Waals surface area contributed by atoms with Crippen LogP contribution in [0.1, 0.15) is 58.8 Å². The molecule has 0 spiro atoms. The van der Waals surface area contributed by atoms with Crippen molar-refractivity contribution in [3.8, 4) is 0 Å². The summed E-state index contributed by atoms with van der Waals surface area (Å²) in [6, 6.07) is 5.58. The van der Waals surface area contributed by atoms with Crippen LogP contribution in [0.5, 0.6) is 0 Å². The third kappa shape index (κ3) is 5.43. The Morgan fingerprint density at radius 3 is 1.16 bits per heavy atom. The molecule has 18 heteroatoms. The van der Waals surface area contributed by atoms with Crippen molar-refractivity contribution >= 4 is 34.6 Å². The van der Waals surface area contributed by atoms with Gasteiger partial charge in [-0.2, -0.15) is 26.3 Å². The molecule has 4 N–H and O–H groups in total. The molecule has 2 aromatic rings. The number of carbonyl (C=O) groups excluding carboxylic acids is 2. The van der Waals surface area contributed by atoms with Crippen molar-refractivity contribution in [2.75, 3.05) is 37.6 Å². The predicted molar refractivity (Wildman–Crippen MR) is 140 cm³/mol. The van der Waals surface area contributed by atoms with E-state index in [9.17, 15) is 56.2 Å². The van der Waals surface area contributed by atoms with Gasteiger partial charge in [-0.25, -0.2) is 0 Å². The molecule has 2 saturated heterocycles. The second-order valence-electron chi connectivity index (χ2n) is 11.3. The first-order chi connectivity index (χ1) is 20.4. The number of nitro groups is 2. The van der Waals surface area contributed by atoms with Gasteiger partial charge in [0.1, 0.15) is 0 Å². The smallest absolute Gasteiger partial charge is 0.397 e. The first-order valence-corrected chi connectivity index (χ1v) is 13.2. The van der Waals surface area contributed by atoms with E-state index in [1.54, 1.807) is 12.1 Å². The molecule has 0 aromatic heterocycles. The minimum Gasteiger partial charge on any atom is -0.397 e. The Morgan fingerprint density at radius 1 is 0.636 bits per heavy atom. The number of piperidine rings is 2. The molecule has 4 unspecified atom stereocenters. The summed E-state index contributed by atoms with van der Waals surface area (Å²) < 4.78 is 75.4. The second-order valence-corrected chi connectivity index (χ2v) is 11.3. The normalized spacial score (nSPS) is 23.3. The highest BCUT2D eigenvalue weighted by molar-refractivity contribution is 5.83. The van der Waals surface area contributed by atoms with Crippen molar-refractivity contribution in [2.45, 2.75) is 48.9 Å². The Morgan fingerprint density at radius 2 is 0.909 bits per heavy atom. The molecule has 0 radical (unpaired) electrons.